The average molecular weight is 312 g/mol. The molecule has 1 unspecified atom stereocenters. The van der Waals surface area contributed by atoms with Crippen LogP contribution in [-0.2, 0) is 6.54 Å². The van der Waals surface area contributed by atoms with Gasteiger partial charge in [0.2, 0.25) is 0 Å². The third-order valence-corrected chi connectivity index (χ3v) is 2.81. The Bertz CT molecular complexity index is 438. The number of alkyl halides is 3. The molecule has 7 heteroatoms. The van der Waals surface area contributed by atoms with Gasteiger partial charge in [0.15, 0.2) is 6.10 Å². The summed E-state index contributed by atoms with van der Waals surface area (Å²) in [5.74, 6) is 0.158. The highest BCUT2D eigenvalue weighted by Gasteiger charge is 2.38. The van der Waals surface area contributed by atoms with Crippen LogP contribution in [0.3, 0.4) is 0 Å². The molecule has 1 atom stereocenters. The summed E-state index contributed by atoms with van der Waals surface area (Å²) < 4.78 is 41.7. The third kappa shape index (κ3) is 5.19. The van der Waals surface area contributed by atoms with Gasteiger partial charge in [-0.15, -0.1) is 0 Å². The minimum Gasteiger partial charge on any atom is -0.489 e. The Morgan fingerprint density at radius 2 is 2.00 bits per heavy atom. The monoisotopic (exact) mass is 311 g/mol. The molecule has 0 bridgehead atoms. The van der Waals surface area contributed by atoms with E-state index >= 15 is 0 Å². The zero-order chi connectivity index (χ0) is 15.3. The molecule has 1 aromatic carbocycles. The fraction of sp³-hybridized carbons (Fsp3) is 0.538. The van der Waals surface area contributed by atoms with Gasteiger partial charge in [0, 0.05) is 18.2 Å². The standard InChI is InChI=1S/C13H17ClF3NO2/c1-8(2)18-6-9-4-3-5-10(14)12(9)20-7-11(19)13(15,16)17/h3-5,8,11,18-19H,6-7H2,1-2H3. The first kappa shape index (κ1) is 17.1. The summed E-state index contributed by atoms with van der Waals surface area (Å²) in [6.45, 7) is 3.41. The van der Waals surface area contributed by atoms with Crippen LogP contribution in [0.2, 0.25) is 5.02 Å². The number of hydrogen-bond donors (Lipinski definition) is 2. The SMILES string of the molecule is CC(C)NCc1cccc(Cl)c1OCC(O)C(F)(F)F. The second kappa shape index (κ2) is 7.15. The number of ether oxygens (including phenoxy) is 1. The molecule has 0 aliphatic heterocycles. The number of nitrogens with one attached hydrogen (secondary N) is 1. The Morgan fingerprint density at radius 3 is 2.55 bits per heavy atom. The van der Waals surface area contributed by atoms with Crippen molar-refractivity contribution in [3.63, 3.8) is 0 Å². The molecule has 0 aliphatic carbocycles. The number of para-hydroxylation sites is 1. The van der Waals surface area contributed by atoms with Crippen LogP contribution in [0.25, 0.3) is 0 Å². The van der Waals surface area contributed by atoms with Crippen molar-refractivity contribution < 1.29 is 23.0 Å². The van der Waals surface area contributed by atoms with Crippen LogP contribution in [0.4, 0.5) is 13.2 Å². The highest BCUT2D eigenvalue weighted by Crippen LogP contribution is 2.30. The van der Waals surface area contributed by atoms with Crippen LogP contribution in [0.5, 0.6) is 5.75 Å². The molecule has 0 saturated heterocycles. The van der Waals surface area contributed by atoms with Gasteiger partial charge in [-0.2, -0.15) is 13.2 Å². The first-order valence-electron chi connectivity index (χ1n) is 6.10. The van der Waals surface area contributed by atoms with E-state index in [2.05, 4.69) is 5.32 Å². The van der Waals surface area contributed by atoms with Crippen molar-refractivity contribution in [1.82, 2.24) is 5.32 Å². The molecule has 0 aromatic heterocycles. The number of rotatable bonds is 6. The summed E-state index contributed by atoms with van der Waals surface area (Å²) in [5.41, 5.74) is 0.639. The molecule has 1 rings (SSSR count). The van der Waals surface area contributed by atoms with Gasteiger partial charge in [-0.05, 0) is 6.07 Å². The van der Waals surface area contributed by atoms with Gasteiger partial charge in [-0.25, -0.2) is 0 Å². The minimum atomic E-state index is -4.71. The van der Waals surface area contributed by atoms with E-state index in [1.165, 1.54) is 6.07 Å². The van der Waals surface area contributed by atoms with E-state index < -0.39 is 18.9 Å². The highest BCUT2D eigenvalue weighted by molar-refractivity contribution is 6.32. The Kier molecular flexibility index (Phi) is 6.10. The largest absolute Gasteiger partial charge is 0.489 e. The second-order valence-electron chi connectivity index (χ2n) is 4.63. The smallest absolute Gasteiger partial charge is 0.417 e. The predicted molar refractivity (Wildman–Crippen MR) is 71.0 cm³/mol. The van der Waals surface area contributed by atoms with Crippen LogP contribution in [-0.4, -0.2) is 30.0 Å². The quantitative estimate of drug-likeness (QED) is 0.848. The van der Waals surface area contributed by atoms with Gasteiger partial charge < -0.3 is 15.2 Å². The summed E-state index contributed by atoms with van der Waals surface area (Å²) in [6, 6.07) is 5.13. The predicted octanol–water partition coefficient (Wildman–Crippen LogP) is 3.14. The summed E-state index contributed by atoms with van der Waals surface area (Å²) in [7, 11) is 0. The molecule has 0 aliphatic rings. The van der Waals surface area contributed by atoms with Crippen molar-refractivity contribution in [1.29, 1.82) is 0 Å². The molecule has 0 amide bonds. The fourth-order valence-electron chi connectivity index (χ4n) is 1.43. The number of aliphatic hydroxyl groups excluding tert-OH is 1. The van der Waals surface area contributed by atoms with Gasteiger partial charge in [0.05, 0.1) is 5.02 Å². The van der Waals surface area contributed by atoms with Crippen LogP contribution in [0, 0.1) is 0 Å². The van der Waals surface area contributed by atoms with Crippen LogP contribution >= 0.6 is 11.6 Å². The van der Waals surface area contributed by atoms with Crippen LogP contribution in [0.1, 0.15) is 19.4 Å². The molecule has 0 fully saturated rings. The summed E-state index contributed by atoms with van der Waals surface area (Å²) >= 11 is 5.93. The Balaban J connectivity index is 2.77. The maximum absolute atomic E-state index is 12.2. The Labute approximate surface area is 120 Å². The molecule has 0 saturated carbocycles. The lowest BCUT2D eigenvalue weighted by atomic mass is 10.2. The van der Waals surface area contributed by atoms with E-state index in [4.69, 9.17) is 21.4 Å². The minimum absolute atomic E-state index is 0.158. The van der Waals surface area contributed by atoms with E-state index in [1.54, 1.807) is 12.1 Å². The van der Waals surface area contributed by atoms with Gasteiger partial charge in [0.1, 0.15) is 12.4 Å². The third-order valence-electron chi connectivity index (χ3n) is 2.51. The first-order chi connectivity index (χ1) is 9.21. The summed E-state index contributed by atoms with van der Waals surface area (Å²) in [5, 5.41) is 12.3. The number of aliphatic hydroxyl groups is 1. The molecule has 0 spiro atoms. The van der Waals surface area contributed by atoms with Crippen molar-refractivity contribution in [2.24, 2.45) is 0 Å². The molecule has 3 nitrogen and oxygen atoms in total. The number of halogens is 4. The van der Waals surface area contributed by atoms with Gasteiger partial charge in [-0.1, -0.05) is 37.6 Å². The molecule has 114 valence electrons. The van der Waals surface area contributed by atoms with Gasteiger partial charge >= 0.3 is 6.18 Å². The van der Waals surface area contributed by atoms with Gasteiger partial charge in [-0.3, -0.25) is 0 Å². The van der Waals surface area contributed by atoms with Crippen LogP contribution in [0.15, 0.2) is 18.2 Å². The molecule has 0 radical (unpaired) electrons. The lowest BCUT2D eigenvalue weighted by Crippen LogP contribution is -2.34. The first-order valence-corrected chi connectivity index (χ1v) is 6.48. The fourth-order valence-corrected chi connectivity index (χ4v) is 1.67. The van der Waals surface area contributed by atoms with Crippen molar-refractivity contribution >= 4 is 11.6 Å². The van der Waals surface area contributed by atoms with Crippen molar-refractivity contribution in [3.8, 4) is 5.75 Å². The second-order valence-corrected chi connectivity index (χ2v) is 5.04. The highest BCUT2D eigenvalue weighted by atomic mass is 35.5. The van der Waals surface area contributed by atoms with Crippen molar-refractivity contribution in [3.05, 3.63) is 28.8 Å². The Morgan fingerprint density at radius 1 is 1.35 bits per heavy atom. The van der Waals surface area contributed by atoms with Crippen molar-refractivity contribution in [2.75, 3.05) is 6.61 Å². The van der Waals surface area contributed by atoms with Gasteiger partial charge in [0.25, 0.3) is 0 Å². The lowest BCUT2D eigenvalue weighted by Gasteiger charge is -2.18. The van der Waals surface area contributed by atoms with E-state index in [0.717, 1.165) is 0 Å². The van der Waals surface area contributed by atoms with E-state index in [0.29, 0.717) is 12.1 Å². The number of hydrogen-bond acceptors (Lipinski definition) is 3. The molecule has 1 aromatic rings. The normalized spacial score (nSPS) is 13.6. The molecular weight excluding hydrogens is 295 g/mol. The lowest BCUT2D eigenvalue weighted by molar-refractivity contribution is -0.210. The maximum Gasteiger partial charge on any atom is 0.417 e. The van der Waals surface area contributed by atoms with E-state index in [1.807, 2.05) is 13.8 Å². The van der Waals surface area contributed by atoms with Crippen LogP contribution < -0.4 is 10.1 Å². The van der Waals surface area contributed by atoms with Crippen molar-refractivity contribution in [2.45, 2.75) is 38.7 Å². The molecule has 2 N–H and O–H groups in total. The maximum atomic E-state index is 12.2. The van der Waals surface area contributed by atoms with E-state index in [-0.39, 0.29) is 16.8 Å². The molecular formula is C13H17ClF3NO2. The zero-order valence-corrected chi connectivity index (χ0v) is 11.9. The molecule has 0 heterocycles. The summed E-state index contributed by atoms with van der Waals surface area (Å²) in [4.78, 5) is 0. The molecule has 20 heavy (non-hydrogen) atoms. The number of benzene rings is 1. The zero-order valence-electron chi connectivity index (χ0n) is 11.2. The van der Waals surface area contributed by atoms with E-state index in [9.17, 15) is 13.2 Å². The topological polar surface area (TPSA) is 41.5 Å². The average Bonchev–Trinajstić information content (AvgIpc) is 2.33. The Hall–Kier alpha value is -0.980. The summed E-state index contributed by atoms with van der Waals surface area (Å²) in [6.07, 6.45) is -7.25.